The average molecular weight is 399 g/mol. The molecule has 7 heteroatoms. The summed E-state index contributed by atoms with van der Waals surface area (Å²) in [5, 5.41) is 10.2. The first kappa shape index (κ1) is 24.1. The summed E-state index contributed by atoms with van der Waals surface area (Å²) in [5.41, 5.74) is 0. The monoisotopic (exact) mass is 399 g/mol. The molecule has 0 aromatic heterocycles. The molecule has 0 saturated carbocycles. The van der Waals surface area contributed by atoms with Gasteiger partial charge in [0.1, 0.15) is 6.04 Å². The number of unbranched alkanes of at least 4 members (excludes halogenated alkanes) is 2. The molecule has 0 aromatic carbocycles. The van der Waals surface area contributed by atoms with Crippen LogP contribution in [0.4, 0.5) is 8.78 Å². The van der Waals surface area contributed by atoms with Crippen LogP contribution in [-0.4, -0.2) is 53.1 Å². The van der Waals surface area contributed by atoms with E-state index >= 15 is 0 Å². The number of nitrogens with zero attached hydrogens (tertiary/aromatic N) is 1. The molecule has 1 saturated heterocycles. The van der Waals surface area contributed by atoms with Crippen molar-refractivity contribution in [2.75, 3.05) is 7.11 Å². The zero-order valence-electron chi connectivity index (χ0n) is 17.1. The van der Waals surface area contributed by atoms with Crippen molar-refractivity contribution in [3.63, 3.8) is 0 Å². The second-order valence-electron chi connectivity index (χ2n) is 7.21. The van der Waals surface area contributed by atoms with Crippen molar-refractivity contribution in [3.8, 4) is 11.8 Å². The van der Waals surface area contributed by atoms with Crippen LogP contribution in [0.5, 0.6) is 0 Å². The van der Waals surface area contributed by atoms with Crippen LogP contribution >= 0.6 is 0 Å². The quantitative estimate of drug-likeness (QED) is 0.265. The van der Waals surface area contributed by atoms with Crippen molar-refractivity contribution in [1.82, 2.24) is 4.90 Å². The molecule has 0 aromatic rings. The Morgan fingerprint density at radius 1 is 1.46 bits per heavy atom. The van der Waals surface area contributed by atoms with E-state index in [2.05, 4.69) is 11.8 Å². The molecule has 1 aliphatic heterocycles. The minimum Gasteiger partial charge on any atom is -0.467 e. The number of halogens is 2. The lowest BCUT2D eigenvalue weighted by Crippen LogP contribution is -2.48. The summed E-state index contributed by atoms with van der Waals surface area (Å²) in [7, 11) is 1.18. The van der Waals surface area contributed by atoms with Gasteiger partial charge in [0.2, 0.25) is 0 Å². The third kappa shape index (κ3) is 6.30. The van der Waals surface area contributed by atoms with Gasteiger partial charge in [-0.3, -0.25) is 4.79 Å². The highest BCUT2D eigenvalue weighted by atomic mass is 19.3. The van der Waals surface area contributed by atoms with Crippen molar-refractivity contribution in [1.29, 1.82) is 0 Å². The number of aliphatic hydroxyl groups is 1. The SMILES string of the molecule is CC#CC[C@H](C)[C@@H](O)/C=C/[C@H]1CC(F)(F)C(=O)N1C(CCCCC)C(=O)OC. The fourth-order valence-electron chi connectivity index (χ4n) is 3.23. The van der Waals surface area contributed by atoms with E-state index in [0.29, 0.717) is 12.8 Å². The molecule has 1 fully saturated rings. The Morgan fingerprint density at radius 3 is 2.71 bits per heavy atom. The van der Waals surface area contributed by atoms with E-state index in [9.17, 15) is 23.5 Å². The second kappa shape index (κ2) is 11.2. The summed E-state index contributed by atoms with van der Waals surface area (Å²) in [5.74, 6) is -0.189. The van der Waals surface area contributed by atoms with E-state index in [1.54, 1.807) is 13.8 Å². The van der Waals surface area contributed by atoms with Gasteiger partial charge in [0.15, 0.2) is 0 Å². The van der Waals surface area contributed by atoms with Crippen molar-refractivity contribution >= 4 is 11.9 Å². The number of amides is 1. The number of aliphatic hydroxyl groups excluding tert-OH is 1. The van der Waals surface area contributed by atoms with E-state index in [1.807, 2.05) is 6.92 Å². The molecule has 0 bridgehead atoms. The minimum absolute atomic E-state index is 0.185. The smallest absolute Gasteiger partial charge is 0.328 e. The highest BCUT2D eigenvalue weighted by molar-refractivity contribution is 5.91. The fraction of sp³-hybridized carbons (Fsp3) is 0.714. The number of carbonyl (C=O) groups is 2. The Balaban J connectivity index is 3.05. The predicted octanol–water partition coefficient (Wildman–Crippen LogP) is 3.31. The topological polar surface area (TPSA) is 66.8 Å². The summed E-state index contributed by atoms with van der Waals surface area (Å²) in [4.78, 5) is 25.4. The van der Waals surface area contributed by atoms with Crippen LogP contribution in [0.15, 0.2) is 12.2 Å². The van der Waals surface area contributed by atoms with Gasteiger partial charge in [-0.1, -0.05) is 45.3 Å². The van der Waals surface area contributed by atoms with Crippen LogP contribution in [0.1, 0.15) is 59.3 Å². The van der Waals surface area contributed by atoms with Crippen LogP contribution in [0, 0.1) is 17.8 Å². The molecular weight excluding hydrogens is 368 g/mol. The maximum absolute atomic E-state index is 14.1. The zero-order valence-corrected chi connectivity index (χ0v) is 17.1. The fourth-order valence-corrected chi connectivity index (χ4v) is 3.23. The lowest BCUT2D eigenvalue weighted by Gasteiger charge is -2.30. The lowest BCUT2D eigenvalue weighted by atomic mass is 9.99. The molecule has 1 N–H and O–H groups in total. The Labute approximate surface area is 166 Å². The number of alkyl halides is 2. The van der Waals surface area contributed by atoms with Crippen LogP contribution < -0.4 is 0 Å². The molecule has 1 amide bonds. The number of hydrogen-bond donors (Lipinski definition) is 1. The summed E-state index contributed by atoms with van der Waals surface area (Å²) in [6.45, 7) is 5.48. The van der Waals surface area contributed by atoms with Crippen LogP contribution in [0.2, 0.25) is 0 Å². The van der Waals surface area contributed by atoms with E-state index in [-0.39, 0.29) is 12.3 Å². The number of esters is 1. The van der Waals surface area contributed by atoms with Gasteiger partial charge < -0.3 is 14.7 Å². The molecule has 4 atom stereocenters. The first-order valence-corrected chi connectivity index (χ1v) is 9.74. The summed E-state index contributed by atoms with van der Waals surface area (Å²) >= 11 is 0. The van der Waals surface area contributed by atoms with Crippen LogP contribution in [-0.2, 0) is 14.3 Å². The van der Waals surface area contributed by atoms with Crippen molar-refractivity contribution in [3.05, 3.63) is 12.2 Å². The molecule has 1 heterocycles. The van der Waals surface area contributed by atoms with Gasteiger partial charge >= 0.3 is 11.9 Å². The highest BCUT2D eigenvalue weighted by Crippen LogP contribution is 2.37. The van der Waals surface area contributed by atoms with Gasteiger partial charge in [-0.25, -0.2) is 4.79 Å². The van der Waals surface area contributed by atoms with Crippen molar-refractivity contribution in [2.45, 2.75) is 83.4 Å². The lowest BCUT2D eigenvalue weighted by molar-refractivity contribution is -0.159. The molecule has 0 radical (unpaired) electrons. The number of rotatable bonds is 10. The van der Waals surface area contributed by atoms with E-state index in [0.717, 1.165) is 17.7 Å². The molecule has 0 spiro atoms. The van der Waals surface area contributed by atoms with E-state index in [1.165, 1.54) is 19.3 Å². The highest BCUT2D eigenvalue weighted by Gasteiger charge is 2.55. The van der Waals surface area contributed by atoms with Gasteiger partial charge in [0.25, 0.3) is 5.91 Å². The van der Waals surface area contributed by atoms with Gasteiger partial charge in [-0.15, -0.1) is 11.8 Å². The summed E-state index contributed by atoms with van der Waals surface area (Å²) in [6, 6.07) is -2.04. The molecule has 1 aliphatic rings. The zero-order chi connectivity index (χ0) is 21.3. The summed E-state index contributed by atoms with van der Waals surface area (Å²) < 4.78 is 33.1. The normalized spacial score (nSPS) is 21.9. The van der Waals surface area contributed by atoms with Gasteiger partial charge in [0.05, 0.1) is 19.3 Å². The van der Waals surface area contributed by atoms with Crippen LogP contribution in [0.3, 0.4) is 0 Å². The number of ether oxygens (including phenoxy) is 1. The number of methoxy groups -OCH3 is 1. The molecule has 1 unspecified atom stereocenters. The van der Waals surface area contributed by atoms with Gasteiger partial charge in [0, 0.05) is 12.8 Å². The molecule has 158 valence electrons. The molecule has 1 rings (SSSR count). The van der Waals surface area contributed by atoms with Crippen LogP contribution in [0.25, 0.3) is 0 Å². The molecule has 28 heavy (non-hydrogen) atoms. The Morgan fingerprint density at radius 2 is 2.14 bits per heavy atom. The number of hydrogen-bond acceptors (Lipinski definition) is 4. The number of carbonyl (C=O) groups excluding carboxylic acids is 2. The molecule has 5 nitrogen and oxygen atoms in total. The largest absolute Gasteiger partial charge is 0.467 e. The predicted molar refractivity (Wildman–Crippen MR) is 103 cm³/mol. The van der Waals surface area contributed by atoms with Crippen molar-refractivity contribution < 1.29 is 28.2 Å². The minimum atomic E-state index is -3.55. The molecule has 0 aliphatic carbocycles. The maximum atomic E-state index is 14.1. The standard InChI is InChI=1S/C21H31F2NO4/c1-5-7-9-11-17(19(26)28-4)24-16(14-21(22,23)20(24)27)12-13-18(25)15(3)10-8-6-2/h12-13,15-18,25H,5,7,9-11,14H2,1-4H3/b13-12+/t15-,16-,17?,18-/m0/s1. The second-order valence-corrected chi connectivity index (χ2v) is 7.21. The Hall–Kier alpha value is -1.94. The first-order valence-electron chi connectivity index (χ1n) is 9.74. The number of likely N-dealkylation sites (tertiary alicyclic amines) is 1. The average Bonchev–Trinajstić information content (AvgIpc) is 2.89. The maximum Gasteiger partial charge on any atom is 0.328 e. The third-order valence-electron chi connectivity index (χ3n) is 4.97. The van der Waals surface area contributed by atoms with Crippen molar-refractivity contribution in [2.24, 2.45) is 5.92 Å². The third-order valence-corrected chi connectivity index (χ3v) is 4.97. The van der Waals surface area contributed by atoms with E-state index < -0.39 is 42.4 Å². The molecular formula is C21H31F2NO4. The Kier molecular flexibility index (Phi) is 9.60. The van der Waals surface area contributed by atoms with Gasteiger partial charge in [-0.05, 0) is 19.3 Å². The Bertz CT molecular complexity index is 624. The van der Waals surface area contributed by atoms with E-state index in [4.69, 9.17) is 4.74 Å². The summed E-state index contributed by atoms with van der Waals surface area (Å²) in [6.07, 6.45) is 4.27. The van der Waals surface area contributed by atoms with Gasteiger partial charge in [-0.2, -0.15) is 8.78 Å². The first-order chi connectivity index (χ1) is 13.2.